The van der Waals surface area contributed by atoms with Gasteiger partial charge in [0.1, 0.15) is 0 Å². The summed E-state index contributed by atoms with van der Waals surface area (Å²) in [6.45, 7) is 1.14. The van der Waals surface area contributed by atoms with Gasteiger partial charge in [-0.2, -0.15) is 4.31 Å². The van der Waals surface area contributed by atoms with Crippen LogP contribution in [-0.2, 0) is 14.8 Å². The molecule has 0 atom stereocenters. The van der Waals surface area contributed by atoms with Crippen molar-refractivity contribution >= 4 is 33.0 Å². The maximum atomic E-state index is 13.3. The summed E-state index contributed by atoms with van der Waals surface area (Å²) < 4.78 is 37.6. The lowest BCUT2D eigenvalue weighted by Crippen LogP contribution is -2.40. The Balaban J connectivity index is 1.68. The van der Waals surface area contributed by atoms with Crippen LogP contribution >= 0.6 is 0 Å². The smallest absolute Gasteiger partial charge is 0.298 e. The average Bonchev–Trinajstić information content (AvgIpc) is 3.28. The number of nitrogen functional groups attached to an aromatic ring is 1. The summed E-state index contributed by atoms with van der Waals surface area (Å²) in [6.07, 6.45) is 0. The second-order valence-corrected chi connectivity index (χ2v) is 8.57. The predicted molar refractivity (Wildman–Crippen MR) is 112 cm³/mol. The van der Waals surface area contributed by atoms with Crippen molar-refractivity contribution in [3.8, 4) is 0 Å². The van der Waals surface area contributed by atoms with Crippen LogP contribution in [-0.4, -0.2) is 44.9 Å². The van der Waals surface area contributed by atoms with E-state index in [0.717, 1.165) is 0 Å². The van der Waals surface area contributed by atoms with Crippen molar-refractivity contribution in [3.63, 3.8) is 0 Å². The van der Waals surface area contributed by atoms with Gasteiger partial charge < -0.3 is 14.9 Å². The van der Waals surface area contributed by atoms with E-state index in [0.29, 0.717) is 30.3 Å². The highest BCUT2D eigenvalue weighted by Crippen LogP contribution is 2.29. The number of benzene rings is 2. The molecular weight excluding hydrogens is 406 g/mol. The number of hydrogen-bond donors (Lipinski definition) is 1. The first kappa shape index (κ1) is 20.1. The van der Waals surface area contributed by atoms with Crippen molar-refractivity contribution in [3.05, 3.63) is 72.5 Å². The first-order valence-electron chi connectivity index (χ1n) is 9.39. The number of furan rings is 1. The van der Waals surface area contributed by atoms with Gasteiger partial charge in [0.2, 0.25) is 5.09 Å². The van der Waals surface area contributed by atoms with Crippen LogP contribution in [0.25, 0.3) is 0 Å². The zero-order chi connectivity index (χ0) is 21.1. The van der Waals surface area contributed by atoms with Crippen LogP contribution in [0.5, 0.6) is 0 Å². The Morgan fingerprint density at radius 3 is 2.20 bits per heavy atom. The number of carbonyl (C=O) groups excluding carboxylic acids is 1. The zero-order valence-electron chi connectivity index (χ0n) is 16.1. The fourth-order valence-corrected chi connectivity index (χ4v) is 4.50. The minimum absolute atomic E-state index is 0.0810. The van der Waals surface area contributed by atoms with E-state index >= 15 is 0 Å². The molecule has 1 amide bonds. The summed E-state index contributed by atoms with van der Waals surface area (Å²) in [6, 6.07) is 18.5. The van der Waals surface area contributed by atoms with Crippen LogP contribution in [0.4, 0.5) is 17.1 Å². The van der Waals surface area contributed by atoms with Gasteiger partial charge in [0.05, 0.1) is 13.2 Å². The molecule has 1 saturated heterocycles. The number of ether oxygens (including phenoxy) is 1. The molecule has 0 radical (unpaired) electrons. The van der Waals surface area contributed by atoms with Crippen LogP contribution in [0.2, 0.25) is 0 Å². The molecule has 0 saturated carbocycles. The maximum absolute atomic E-state index is 13.3. The quantitative estimate of drug-likeness (QED) is 0.628. The minimum atomic E-state index is -3.84. The van der Waals surface area contributed by atoms with Crippen LogP contribution < -0.4 is 10.6 Å². The first-order chi connectivity index (χ1) is 14.5. The van der Waals surface area contributed by atoms with E-state index in [1.165, 1.54) is 21.3 Å². The lowest BCUT2D eigenvalue weighted by atomic mass is 10.2. The van der Waals surface area contributed by atoms with E-state index in [1.54, 1.807) is 36.4 Å². The minimum Gasteiger partial charge on any atom is -0.438 e. The lowest BCUT2D eigenvalue weighted by Gasteiger charge is -2.25. The summed E-state index contributed by atoms with van der Waals surface area (Å²) in [5, 5.41) is -0.266. The number of anilines is 3. The van der Waals surface area contributed by atoms with Gasteiger partial charge >= 0.3 is 0 Å². The van der Waals surface area contributed by atoms with E-state index in [9.17, 15) is 13.2 Å². The van der Waals surface area contributed by atoms with Crippen LogP contribution in [0, 0.1) is 0 Å². The number of rotatable bonds is 5. The lowest BCUT2D eigenvalue weighted by molar-refractivity contribution is 0.0723. The normalized spacial score (nSPS) is 15.1. The molecule has 3 aromatic rings. The van der Waals surface area contributed by atoms with Crippen LogP contribution in [0.3, 0.4) is 0 Å². The molecule has 1 aliphatic heterocycles. The third-order valence-electron chi connectivity index (χ3n) is 4.73. The van der Waals surface area contributed by atoms with Gasteiger partial charge in [-0.1, -0.05) is 18.2 Å². The number of nitrogens with two attached hydrogens (primary N) is 1. The fourth-order valence-electron chi connectivity index (χ4n) is 3.18. The van der Waals surface area contributed by atoms with E-state index in [1.807, 2.05) is 18.2 Å². The Bertz CT molecular complexity index is 1120. The Morgan fingerprint density at radius 2 is 1.53 bits per heavy atom. The molecule has 2 aromatic carbocycles. The Morgan fingerprint density at radius 1 is 0.900 bits per heavy atom. The number of para-hydroxylation sites is 1. The highest BCUT2D eigenvalue weighted by molar-refractivity contribution is 7.89. The second-order valence-electron chi connectivity index (χ2n) is 6.70. The monoisotopic (exact) mass is 427 g/mol. The molecular formula is C21H21N3O5S. The van der Waals surface area contributed by atoms with Gasteiger partial charge in [-0.25, -0.2) is 8.42 Å². The van der Waals surface area contributed by atoms with E-state index in [4.69, 9.17) is 14.9 Å². The van der Waals surface area contributed by atoms with Gasteiger partial charge in [0.25, 0.3) is 15.9 Å². The Labute approximate surface area is 174 Å². The van der Waals surface area contributed by atoms with Crippen molar-refractivity contribution in [1.29, 1.82) is 0 Å². The second kappa shape index (κ2) is 8.31. The largest absolute Gasteiger partial charge is 0.438 e. The molecule has 1 aromatic heterocycles. The van der Waals surface area contributed by atoms with Crippen LogP contribution in [0.1, 0.15) is 10.6 Å². The molecule has 1 fully saturated rings. The molecule has 30 heavy (non-hydrogen) atoms. The van der Waals surface area contributed by atoms with Crippen molar-refractivity contribution in [2.45, 2.75) is 5.09 Å². The van der Waals surface area contributed by atoms with E-state index < -0.39 is 15.9 Å². The average molecular weight is 427 g/mol. The molecule has 9 heteroatoms. The molecule has 2 heterocycles. The summed E-state index contributed by atoms with van der Waals surface area (Å²) in [4.78, 5) is 14.8. The molecule has 0 spiro atoms. The Hall–Kier alpha value is -3.14. The maximum Gasteiger partial charge on any atom is 0.298 e. The molecule has 2 N–H and O–H groups in total. The summed E-state index contributed by atoms with van der Waals surface area (Å²) in [7, 11) is -3.84. The van der Waals surface area contributed by atoms with E-state index in [2.05, 4.69) is 0 Å². The number of morpholine rings is 1. The Kier molecular flexibility index (Phi) is 5.58. The fraction of sp³-hybridized carbons (Fsp3) is 0.190. The molecule has 1 aliphatic rings. The van der Waals surface area contributed by atoms with Crippen molar-refractivity contribution in [2.24, 2.45) is 0 Å². The highest BCUT2D eigenvalue weighted by atomic mass is 32.2. The van der Waals surface area contributed by atoms with Crippen molar-refractivity contribution < 1.29 is 22.4 Å². The van der Waals surface area contributed by atoms with Gasteiger partial charge in [-0.05, 0) is 48.5 Å². The van der Waals surface area contributed by atoms with E-state index in [-0.39, 0.29) is 23.9 Å². The number of nitrogens with zero attached hydrogens (tertiary/aromatic N) is 2. The molecule has 156 valence electrons. The predicted octanol–water partition coefficient (Wildman–Crippen LogP) is 2.86. The van der Waals surface area contributed by atoms with Crippen molar-refractivity contribution in [2.75, 3.05) is 36.9 Å². The SMILES string of the molecule is Nc1ccc(N(C(=O)c2ccc(S(=O)(=O)N3CCOCC3)o2)c2ccccc2)cc1. The molecule has 0 aliphatic carbocycles. The number of sulfonamides is 1. The zero-order valence-corrected chi connectivity index (χ0v) is 16.9. The third-order valence-corrected chi connectivity index (χ3v) is 6.50. The molecule has 0 bridgehead atoms. The number of amides is 1. The number of carbonyl (C=O) groups is 1. The third kappa shape index (κ3) is 3.95. The van der Waals surface area contributed by atoms with Crippen molar-refractivity contribution in [1.82, 2.24) is 4.31 Å². The summed E-state index contributed by atoms with van der Waals surface area (Å²) in [5.74, 6) is -0.572. The summed E-state index contributed by atoms with van der Waals surface area (Å²) >= 11 is 0. The standard InChI is InChI=1S/C21H21N3O5S/c22-16-6-8-18(9-7-16)24(17-4-2-1-3-5-17)21(25)19-10-11-20(29-19)30(26,27)23-12-14-28-15-13-23/h1-11H,12-15,22H2. The molecule has 4 rings (SSSR count). The van der Waals surface area contributed by atoms with Crippen LogP contribution in [0.15, 0.2) is 76.2 Å². The summed E-state index contributed by atoms with van der Waals surface area (Å²) in [5.41, 5.74) is 7.53. The first-order valence-corrected chi connectivity index (χ1v) is 10.8. The number of hydrogen-bond acceptors (Lipinski definition) is 6. The topological polar surface area (TPSA) is 106 Å². The van der Waals surface area contributed by atoms with Gasteiger partial charge in [0.15, 0.2) is 5.76 Å². The molecule has 8 nitrogen and oxygen atoms in total. The highest BCUT2D eigenvalue weighted by Gasteiger charge is 2.31. The van der Waals surface area contributed by atoms with Gasteiger partial charge in [0, 0.05) is 30.2 Å². The molecule has 0 unspecified atom stereocenters. The van der Waals surface area contributed by atoms with Gasteiger partial charge in [-0.15, -0.1) is 0 Å². The van der Waals surface area contributed by atoms with Gasteiger partial charge in [-0.3, -0.25) is 9.69 Å².